The van der Waals surface area contributed by atoms with E-state index in [1.807, 2.05) is 42.5 Å². The van der Waals surface area contributed by atoms with Crippen molar-refractivity contribution in [3.05, 3.63) is 64.8 Å². The number of nitrogens with zero attached hydrogens (tertiary/aromatic N) is 2. The van der Waals surface area contributed by atoms with Crippen LogP contribution < -0.4 is 10.2 Å². The number of rotatable bonds is 4. The average Bonchev–Trinajstić information content (AvgIpc) is 2.74. The molecule has 2 aliphatic rings. The lowest BCUT2D eigenvalue weighted by Crippen LogP contribution is -2.37. The van der Waals surface area contributed by atoms with Gasteiger partial charge in [0.1, 0.15) is 0 Å². The molecule has 0 aliphatic carbocycles. The van der Waals surface area contributed by atoms with Gasteiger partial charge in [0.25, 0.3) is 0 Å². The molecule has 0 unspecified atom stereocenters. The Morgan fingerprint density at radius 1 is 1.17 bits per heavy atom. The summed E-state index contributed by atoms with van der Waals surface area (Å²) in [6, 6.07) is 13.0. The summed E-state index contributed by atoms with van der Waals surface area (Å²) in [4.78, 5) is 29.0. The van der Waals surface area contributed by atoms with Gasteiger partial charge in [0.05, 0.1) is 37.1 Å². The van der Waals surface area contributed by atoms with Gasteiger partial charge in [-0.2, -0.15) is 0 Å². The molecule has 0 aromatic heterocycles. The number of ether oxygens (including phenoxy) is 1. The van der Waals surface area contributed by atoms with E-state index in [1.165, 1.54) is 6.92 Å². The highest BCUT2D eigenvalue weighted by atomic mass is 35.5. The predicted molar refractivity (Wildman–Crippen MR) is 118 cm³/mol. The Hall–Kier alpha value is -2.83. The number of hydrogen-bond acceptors (Lipinski definition) is 4. The maximum absolute atomic E-state index is 13.0. The number of amides is 2. The predicted octanol–water partition coefficient (Wildman–Crippen LogP) is 4.08. The molecule has 2 heterocycles. The summed E-state index contributed by atoms with van der Waals surface area (Å²) in [6.07, 6.45) is 3.80. The zero-order valence-corrected chi connectivity index (χ0v) is 17.6. The first-order chi connectivity index (χ1) is 14.5. The number of fused-ring (bicyclic) bond motifs is 1. The van der Waals surface area contributed by atoms with Crippen LogP contribution in [0.15, 0.2) is 48.7 Å². The summed E-state index contributed by atoms with van der Waals surface area (Å²) in [5, 5.41) is 3.57. The molecule has 0 bridgehead atoms. The Morgan fingerprint density at radius 2 is 1.93 bits per heavy atom. The average molecular weight is 426 g/mol. The first-order valence-corrected chi connectivity index (χ1v) is 10.4. The topological polar surface area (TPSA) is 61.9 Å². The Kier molecular flexibility index (Phi) is 6.06. The van der Waals surface area contributed by atoms with Crippen molar-refractivity contribution in [3.63, 3.8) is 0 Å². The maximum atomic E-state index is 13.0. The SMILES string of the molecule is CC(=O)N1C=Cc2ccccc2[C@@H]1CC(=O)Nc1cc(Cl)ccc1N1CCOCC1. The molecule has 0 radical (unpaired) electrons. The molecule has 6 nitrogen and oxygen atoms in total. The van der Waals surface area contributed by atoms with Crippen LogP contribution in [0.3, 0.4) is 0 Å². The van der Waals surface area contributed by atoms with Gasteiger partial charge in [0.2, 0.25) is 11.8 Å². The van der Waals surface area contributed by atoms with E-state index >= 15 is 0 Å². The monoisotopic (exact) mass is 425 g/mol. The van der Waals surface area contributed by atoms with Gasteiger partial charge in [0, 0.05) is 31.2 Å². The minimum atomic E-state index is -0.352. The van der Waals surface area contributed by atoms with Crippen LogP contribution in [-0.4, -0.2) is 43.0 Å². The number of halogens is 1. The minimum absolute atomic E-state index is 0.102. The summed E-state index contributed by atoms with van der Waals surface area (Å²) in [7, 11) is 0. The van der Waals surface area contributed by atoms with E-state index in [0.29, 0.717) is 23.9 Å². The number of anilines is 2. The van der Waals surface area contributed by atoms with Crippen molar-refractivity contribution in [2.75, 3.05) is 36.5 Å². The number of benzene rings is 2. The summed E-state index contributed by atoms with van der Waals surface area (Å²) < 4.78 is 5.43. The van der Waals surface area contributed by atoms with E-state index in [2.05, 4.69) is 10.2 Å². The molecule has 2 aliphatic heterocycles. The summed E-state index contributed by atoms with van der Waals surface area (Å²) >= 11 is 6.21. The van der Waals surface area contributed by atoms with Gasteiger partial charge in [-0.25, -0.2) is 0 Å². The van der Waals surface area contributed by atoms with Gasteiger partial charge in [0.15, 0.2) is 0 Å². The van der Waals surface area contributed by atoms with Crippen molar-refractivity contribution in [3.8, 4) is 0 Å². The van der Waals surface area contributed by atoms with Gasteiger partial charge in [-0.3, -0.25) is 9.59 Å². The fourth-order valence-corrected chi connectivity index (χ4v) is 4.15. The molecule has 1 fully saturated rings. The van der Waals surface area contributed by atoms with Crippen molar-refractivity contribution >= 4 is 40.9 Å². The molecular formula is C23H24ClN3O3. The Morgan fingerprint density at radius 3 is 2.70 bits per heavy atom. The third kappa shape index (κ3) is 4.35. The molecule has 2 amide bonds. The second kappa shape index (κ2) is 8.90. The van der Waals surface area contributed by atoms with Crippen molar-refractivity contribution < 1.29 is 14.3 Å². The molecule has 156 valence electrons. The van der Waals surface area contributed by atoms with Crippen LogP contribution >= 0.6 is 11.6 Å². The molecule has 1 N–H and O–H groups in total. The van der Waals surface area contributed by atoms with Crippen LogP contribution in [0.1, 0.15) is 30.5 Å². The van der Waals surface area contributed by atoms with E-state index in [4.69, 9.17) is 16.3 Å². The molecule has 4 rings (SSSR count). The number of morpholine rings is 1. The van der Waals surface area contributed by atoms with Gasteiger partial charge in [-0.1, -0.05) is 35.9 Å². The minimum Gasteiger partial charge on any atom is -0.378 e. The lowest BCUT2D eigenvalue weighted by Gasteiger charge is -2.33. The molecule has 1 saturated heterocycles. The largest absolute Gasteiger partial charge is 0.378 e. The van der Waals surface area contributed by atoms with Crippen LogP contribution in [-0.2, 0) is 14.3 Å². The Labute approximate surface area is 181 Å². The van der Waals surface area contributed by atoms with E-state index in [-0.39, 0.29) is 24.3 Å². The second-order valence-electron chi connectivity index (χ2n) is 7.40. The van der Waals surface area contributed by atoms with Crippen LogP contribution in [0.5, 0.6) is 0 Å². The van der Waals surface area contributed by atoms with Crippen molar-refractivity contribution in [1.29, 1.82) is 0 Å². The lowest BCUT2D eigenvalue weighted by atomic mass is 9.93. The Balaban J connectivity index is 1.56. The fraction of sp³-hybridized carbons (Fsp3) is 0.304. The standard InChI is InChI=1S/C23H24ClN3O3/c1-16(28)27-9-8-17-4-2-3-5-19(17)22(27)15-23(29)25-20-14-18(24)6-7-21(20)26-10-12-30-13-11-26/h2-9,14,22H,10-13,15H2,1H3,(H,25,29)/t22-/m0/s1. The van der Waals surface area contributed by atoms with Gasteiger partial charge in [-0.05, 0) is 35.4 Å². The van der Waals surface area contributed by atoms with Crippen LogP contribution in [0.25, 0.3) is 6.08 Å². The fourth-order valence-electron chi connectivity index (χ4n) is 3.98. The third-order valence-electron chi connectivity index (χ3n) is 5.43. The highest BCUT2D eigenvalue weighted by Crippen LogP contribution is 2.34. The van der Waals surface area contributed by atoms with Crippen molar-refractivity contribution in [1.82, 2.24) is 4.90 Å². The number of hydrogen-bond donors (Lipinski definition) is 1. The summed E-state index contributed by atoms with van der Waals surface area (Å²) in [6.45, 7) is 4.31. The normalized spacial score (nSPS) is 18.1. The quantitative estimate of drug-likeness (QED) is 0.801. The summed E-state index contributed by atoms with van der Waals surface area (Å²) in [5.41, 5.74) is 3.57. The van der Waals surface area contributed by atoms with Crippen molar-refractivity contribution in [2.24, 2.45) is 0 Å². The number of nitrogens with one attached hydrogen (secondary N) is 1. The van der Waals surface area contributed by atoms with E-state index in [0.717, 1.165) is 29.9 Å². The van der Waals surface area contributed by atoms with Gasteiger partial charge in [-0.15, -0.1) is 0 Å². The van der Waals surface area contributed by atoms with Crippen LogP contribution in [0, 0.1) is 0 Å². The molecule has 2 aromatic carbocycles. The molecule has 0 spiro atoms. The number of carbonyl (C=O) groups is 2. The molecular weight excluding hydrogens is 402 g/mol. The highest BCUT2D eigenvalue weighted by molar-refractivity contribution is 6.31. The second-order valence-corrected chi connectivity index (χ2v) is 7.84. The maximum Gasteiger partial charge on any atom is 0.226 e. The highest BCUT2D eigenvalue weighted by Gasteiger charge is 2.28. The summed E-state index contributed by atoms with van der Waals surface area (Å²) in [5.74, 6) is -0.275. The molecule has 30 heavy (non-hydrogen) atoms. The van der Waals surface area contributed by atoms with Gasteiger partial charge < -0.3 is 19.9 Å². The molecule has 0 saturated carbocycles. The molecule has 2 aromatic rings. The van der Waals surface area contributed by atoms with Crippen molar-refractivity contribution in [2.45, 2.75) is 19.4 Å². The van der Waals surface area contributed by atoms with Crippen LogP contribution in [0.2, 0.25) is 5.02 Å². The number of carbonyl (C=O) groups excluding carboxylic acids is 2. The molecule has 1 atom stereocenters. The zero-order valence-electron chi connectivity index (χ0n) is 16.8. The lowest BCUT2D eigenvalue weighted by molar-refractivity contribution is -0.129. The van der Waals surface area contributed by atoms with E-state index in [1.54, 1.807) is 17.2 Å². The zero-order chi connectivity index (χ0) is 21.1. The smallest absolute Gasteiger partial charge is 0.226 e. The Bertz CT molecular complexity index is 985. The van der Waals surface area contributed by atoms with E-state index in [9.17, 15) is 9.59 Å². The van der Waals surface area contributed by atoms with Crippen LogP contribution in [0.4, 0.5) is 11.4 Å². The molecule has 7 heteroatoms. The first kappa shape index (κ1) is 20.4. The van der Waals surface area contributed by atoms with E-state index < -0.39 is 0 Å². The first-order valence-electron chi connectivity index (χ1n) is 10.0. The third-order valence-corrected chi connectivity index (χ3v) is 5.67. The van der Waals surface area contributed by atoms with Gasteiger partial charge >= 0.3 is 0 Å².